The highest BCUT2D eigenvalue weighted by atomic mass is 32.1. The van der Waals surface area contributed by atoms with Crippen molar-refractivity contribution < 1.29 is 9.90 Å². The van der Waals surface area contributed by atoms with E-state index in [9.17, 15) is 9.90 Å². The summed E-state index contributed by atoms with van der Waals surface area (Å²) in [5, 5.41) is 18.3. The summed E-state index contributed by atoms with van der Waals surface area (Å²) in [6, 6.07) is 0. The molecule has 0 unspecified atom stereocenters. The minimum atomic E-state index is -0.984. The number of aliphatic carboxylic acids is 1. The molecular formula is C11H15N5O2S. The quantitative estimate of drug-likeness (QED) is 0.856. The Bertz CT molecular complexity index is 563. The fraction of sp³-hybridized carbons (Fsp3) is 0.455. The molecule has 2 rings (SSSR count). The van der Waals surface area contributed by atoms with Crippen LogP contribution in [0.25, 0.3) is 0 Å². The number of thiazole rings is 1. The Labute approximate surface area is 114 Å². The molecule has 0 radical (unpaired) electrons. The van der Waals surface area contributed by atoms with Crippen LogP contribution >= 0.6 is 11.3 Å². The van der Waals surface area contributed by atoms with Gasteiger partial charge in [0.15, 0.2) is 5.13 Å². The van der Waals surface area contributed by atoms with E-state index in [1.807, 2.05) is 11.9 Å². The van der Waals surface area contributed by atoms with E-state index in [0.29, 0.717) is 12.2 Å². The van der Waals surface area contributed by atoms with Crippen LogP contribution < -0.4 is 4.90 Å². The zero-order chi connectivity index (χ0) is 14.0. The Kier molecular flexibility index (Phi) is 3.52. The van der Waals surface area contributed by atoms with Gasteiger partial charge in [0, 0.05) is 12.4 Å². The van der Waals surface area contributed by atoms with E-state index in [1.165, 1.54) is 17.7 Å². The fourth-order valence-corrected chi connectivity index (χ4v) is 2.40. The second-order valence-corrected chi connectivity index (χ2v) is 5.57. The molecule has 2 N–H and O–H groups in total. The monoisotopic (exact) mass is 281 g/mol. The summed E-state index contributed by atoms with van der Waals surface area (Å²) in [6.07, 6.45) is 1.45. The van der Waals surface area contributed by atoms with Crippen molar-refractivity contribution in [2.45, 2.75) is 25.8 Å². The van der Waals surface area contributed by atoms with Crippen molar-refractivity contribution in [3.8, 4) is 0 Å². The number of nitrogens with zero attached hydrogens (tertiary/aromatic N) is 4. The Morgan fingerprint density at radius 2 is 2.32 bits per heavy atom. The van der Waals surface area contributed by atoms with E-state index < -0.39 is 11.4 Å². The molecule has 2 heterocycles. The predicted molar refractivity (Wildman–Crippen MR) is 71.3 cm³/mol. The maximum absolute atomic E-state index is 11.2. The van der Waals surface area contributed by atoms with Crippen LogP contribution in [0.1, 0.15) is 25.4 Å². The maximum Gasteiger partial charge on any atom is 0.315 e. The highest BCUT2D eigenvalue weighted by Crippen LogP contribution is 2.29. The van der Waals surface area contributed by atoms with Gasteiger partial charge in [-0.15, -0.1) is 11.3 Å². The van der Waals surface area contributed by atoms with Crippen LogP contribution in [-0.2, 0) is 16.8 Å². The number of hydrogen-bond acceptors (Lipinski definition) is 6. The van der Waals surface area contributed by atoms with E-state index in [4.69, 9.17) is 0 Å². The first-order chi connectivity index (χ1) is 8.91. The van der Waals surface area contributed by atoms with Crippen molar-refractivity contribution in [2.24, 2.45) is 0 Å². The number of carboxylic acid groups (broad SMARTS) is 1. The molecule has 7 nitrogen and oxygen atoms in total. The molecule has 0 aromatic carbocycles. The topological polar surface area (TPSA) is 95.0 Å². The van der Waals surface area contributed by atoms with Crippen molar-refractivity contribution >= 4 is 22.4 Å². The number of H-pyrrole nitrogens is 1. The van der Waals surface area contributed by atoms with Crippen molar-refractivity contribution in [3.05, 3.63) is 23.2 Å². The summed E-state index contributed by atoms with van der Waals surface area (Å²) in [5.74, 6) is -0.154. The van der Waals surface area contributed by atoms with Crippen molar-refractivity contribution in [2.75, 3.05) is 11.9 Å². The van der Waals surface area contributed by atoms with Gasteiger partial charge < -0.3 is 10.0 Å². The summed E-state index contributed by atoms with van der Waals surface area (Å²) in [6.45, 7) is 3.83. The predicted octanol–water partition coefficient (Wildman–Crippen LogP) is 1.26. The number of anilines is 1. The minimum absolute atomic E-state index is 0.542. The van der Waals surface area contributed by atoms with Crippen molar-refractivity contribution in [1.82, 2.24) is 20.2 Å². The standard InChI is InChI=1S/C11H15N5O2S/c1-11(2,9(17)18)7-5-19-10(14-7)16(3)4-8-12-6-13-15-8/h5-6H,4H2,1-3H3,(H,17,18)(H,12,13,15). The lowest BCUT2D eigenvalue weighted by atomic mass is 9.90. The molecule has 2 aromatic rings. The molecule has 0 saturated heterocycles. The first kappa shape index (κ1) is 13.5. The lowest BCUT2D eigenvalue weighted by Gasteiger charge is -2.17. The largest absolute Gasteiger partial charge is 0.481 e. The van der Waals surface area contributed by atoms with Crippen LogP contribution in [0.5, 0.6) is 0 Å². The Morgan fingerprint density at radius 3 is 2.89 bits per heavy atom. The number of aromatic amines is 1. The molecule has 0 aliphatic heterocycles. The molecule has 8 heteroatoms. The van der Waals surface area contributed by atoms with E-state index in [0.717, 1.165) is 11.0 Å². The van der Waals surface area contributed by atoms with Crippen LogP contribution in [-0.4, -0.2) is 38.3 Å². The number of nitrogens with one attached hydrogen (secondary N) is 1. The highest BCUT2D eigenvalue weighted by Gasteiger charge is 2.32. The van der Waals surface area contributed by atoms with Gasteiger partial charge >= 0.3 is 5.97 Å². The van der Waals surface area contributed by atoms with Crippen molar-refractivity contribution in [3.63, 3.8) is 0 Å². The summed E-state index contributed by atoms with van der Waals surface area (Å²) < 4.78 is 0. The highest BCUT2D eigenvalue weighted by molar-refractivity contribution is 7.13. The molecule has 0 aliphatic carbocycles. The van der Waals surface area contributed by atoms with Gasteiger partial charge in [-0.05, 0) is 13.8 Å². The van der Waals surface area contributed by atoms with E-state index in [1.54, 1.807) is 19.2 Å². The molecule has 0 bridgehead atoms. The van der Waals surface area contributed by atoms with Gasteiger partial charge in [-0.2, -0.15) is 5.10 Å². The normalized spacial score (nSPS) is 11.5. The van der Waals surface area contributed by atoms with E-state index >= 15 is 0 Å². The van der Waals surface area contributed by atoms with Crippen LogP contribution in [0.4, 0.5) is 5.13 Å². The first-order valence-electron chi connectivity index (χ1n) is 5.66. The Balaban J connectivity index is 2.15. The van der Waals surface area contributed by atoms with Gasteiger partial charge in [0.05, 0.1) is 12.2 Å². The third kappa shape index (κ3) is 2.73. The van der Waals surface area contributed by atoms with E-state index in [-0.39, 0.29) is 0 Å². The number of aromatic nitrogens is 4. The van der Waals surface area contributed by atoms with Crippen LogP contribution in [0.3, 0.4) is 0 Å². The molecule has 0 atom stereocenters. The number of carbonyl (C=O) groups is 1. The van der Waals surface area contributed by atoms with Gasteiger partial charge in [-0.1, -0.05) is 0 Å². The number of hydrogen-bond donors (Lipinski definition) is 2. The summed E-state index contributed by atoms with van der Waals surface area (Å²) in [7, 11) is 1.87. The van der Waals surface area contributed by atoms with E-state index in [2.05, 4.69) is 20.2 Å². The van der Waals surface area contributed by atoms with Gasteiger partial charge in [-0.25, -0.2) is 9.97 Å². The third-order valence-corrected chi connectivity index (χ3v) is 3.80. The number of carboxylic acids is 1. The fourth-order valence-electron chi connectivity index (χ4n) is 1.44. The Morgan fingerprint density at radius 1 is 1.58 bits per heavy atom. The lowest BCUT2D eigenvalue weighted by molar-refractivity contribution is -0.142. The maximum atomic E-state index is 11.2. The summed E-state index contributed by atoms with van der Waals surface area (Å²) in [4.78, 5) is 21.5. The molecular weight excluding hydrogens is 266 g/mol. The molecule has 0 fully saturated rings. The number of rotatable bonds is 5. The second kappa shape index (κ2) is 4.96. The first-order valence-corrected chi connectivity index (χ1v) is 6.54. The minimum Gasteiger partial charge on any atom is -0.481 e. The average molecular weight is 281 g/mol. The summed E-state index contributed by atoms with van der Waals surface area (Å²) in [5.41, 5.74) is -0.425. The molecule has 102 valence electrons. The molecule has 2 aromatic heterocycles. The Hall–Kier alpha value is -1.96. The average Bonchev–Trinajstić information content (AvgIpc) is 2.98. The van der Waals surface area contributed by atoms with Crippen LogP contribution in [0.2, 0.25) is 0 Å². The SMILES string of the molecule is CN(Cc1ncn[nH]1)c1nc(C(C)(C)C(=O)O)cs1. The lowest BCUT2D eigenvalue weighted by Crippen LogP contribution is -2.29. The van der Waals surface area contributed by atoms with Crippen LogP contribution in [0, 0.1) is 0 Å². The zero-order valence-corrected chi connectivity index (χ0v) is 11.7. The molecule has 0 aliphatic rings. The van der Waals surface area contributed by atoms with Crippen molar-refractivity contribution in [1.29, 1.82) is 0 Å². The van der Waals surface area contributed by atoms with Gasteiger partial charge in [0.25, 0.3) is 0 Å². The van der Waals surface area contributed by atoms with Gasteiger partial charge in [0.1, 0.15) is 17.6 Å². The van der Waals surface area contributed by atoms with Gasteiger partial charge in [0.2, 0.25) is 0 Å². The smallest absolute Gasteiger partial charge is 0.315 e. The molecule has 0 spiro atoms. The summed E-state index contributed by atoms with van der Waals surface area (Å²) >= 11 is 1.41. The van der Waals surface area contributed by atoms with Gasteiger partial charge in [-0.3, -0.25) is 9.89 Å². The molecule has 19 heavy (non-hydrogen) atoms. The zero-order valence-electron chi connectivity index (χ0n) is 10.9. The molecule has 0 amide bonds. The second-order valence-electron chi connectivity index (χ2n) is 4.73. The molecule has 0 saturated carbocycles. The third-order valence-electron chi connectivity index (χ3n) is 2.85. The van der Waals surface area contributed by atoms with Crippen LogP contribution in [0.15, 0.2) is 11.7 Å².